The van der Waals surface area contributed by atoms with Crippen molar-refractivity contribution in [1.29, 1.82) is 0 Å². The van der Waals surface area contributed by atoms with Gasteiger partial charge in [0.1, 0.15) is 4.99 Å². The highest BCUT2D eigenvalue weighted by Gasteiger charge is 2.16. The maximum atomic E-state index is 11.3. The van der Waals surface area contributed by atoms with E-state index in [0.29, 0.717) is 0 Å². The van der Waals surface area contributed by atoms with Crippen molar-refractivity contribution in [3.05, 3.63) is 39.4 Å². The number of thiocarbonyl (C=S) groups is 1. The van der Waals surface area contributed by atoms with Crippen molar-refractivity contribution in [1.82, 2.24) is 5.43 Å². The van der Waals surface area contributed by atoms with Crippen LogP contribution in [0, 0.1) is 10.1 Å². The van der Waals surface area contributed by atoms with Crippen LogP contribution in [0.4, 0.5) is 5.69 Å². The van der Waals surface area contributed by atoms with E-state index in [1.807, 2.05) is 5.43 Å². The molecule has 0 aliphatic carbocycles. The monoisotopic (exact) mass is 258 g/mol. The number of nitrogens with two attached hydrogens (primary N) is 2. The van der Waals surface area contributed by atoms with Gasteiger partial charge in [-0.25, -0.2) is 5.84 Å². The number of hydrazine groups is 1. The van der Waals surface area contributed by atoms with Crippen molar-refractivity contribution in [3.8, 4) is 0 Å². The lowest BCUT2D eigenvalue weighted by Gasteiger charge is -2.06. The summed E-state index contributed by atoms with van der Waals surface area (Å²) in [6.45, 7) is 0. The van der Waals surface area contributed by atoms with Gasteiger partial charge in [-0.1, -0.05) is 12.2 Å². The number of non-ortho nitro benzene ring substituents is 1. The Labute approximate surface area is 101 Å². The Balaban J connectivity index is 0.00000256. The fraction of sp³-hybridized carbons (Fsp3) is 0. The molecule has 0 aliphatic heterocycles. The zero-order chi connectivity index (χ0) is 12.3. The predicted molar refractivity (Wildman–Crippen MR) is 64.3 cm³/mol. The molecule has 0 saturated heterocycles. The maximum Gasteiger partial charge on any atom is 0.270 e. The minimum Gasteiger partial charge on any atom is -0.412 e. The normalized spacial score (nSPS) is 9.00. The molecule has 0 radical (unpaired) electrons. The van der Waals surface area contributed by atoms with Crippen molar-refractivity contribution < 1.29 is 15.2 Å². The Morgan fingerprint density at radius 1 is 1.41 bits per heavy atom. The fourth-order valence-corrected chi connectivity index (χ4v) is 1.29. The van der Waals surface area contributed by atoms with Gasteiger partial charge in [0.05, 0.1) is 10.5 Å². The molecule has 0 fully saturated rings. The van der Waals surface area contributed by atoms with Gasteiger partial charge in [0.2, 0.25) is 0 Å². The largest absolute Gasteiger partial charge is 0.412 e. The summed E-state index contributed by atoms with van der Waals surface area (Å²) in [5, 5.41) is 10.5. The molecule has 0 aromatic heterocycles. The Morgan fingerprint density at radius 3 is 2.41 bits per heavy atom. The highest BCUT2D eigenvalue weighted by Crippen LogP contribution is 2.17. The van der Waals surface area contributed by atoms with Crippen LogP contribution in [0.25, 0.3) is 0 Å². The van der Waals surface area contributed by atoms with Crippen LogP contribution >= 0.6 is 12.2 Å². The van der Waals surface area contributed by atoms with Crippen LogP contribution in [0.15, 0.2) is 18.2 Å². The number of rotatable bonds is 3. The zero-order valence-electron chi connectivity index (χ0n) is 8.47. The predicted octanol–water partition coefficient (Wildman–Crippen LogP) is -0.992. The highest BCUT2D eigenvalue weighted by atomic mass is 32.1. The summed E-state index contributed by atoms with van der Waals surface area (Å²) in [7, 11) is 0. The van der Waals surface area contributed by atoms with E-state index >= 15 is 0 Å². The number of nitrogen functional groups attached to an aromatic ring is 1. The molecule has 0 atom stereocenters. The molecule has 0 saturated carbocycles. The first-order valence-electron chi connectivity index (χ1n) is 4.06. The summed E-state index contributed by atoms with van der Waals surface area (Å²) in [5.74, 6) is 4.34. The third-order valence-corrected chi connectivity index (χ3v) is 2.08. The molecule has 0 bridgehead atoms. The summed E-state index contributed by atoms with van der Waals surface area (Å²) in [4.78, 5) is 21.1. The van der Waals surface area contributed by atoms with Gasteiger partial charge in [-0.15, -0.1) is 0 Å². The molecule has 0 spiro atoms. The first kappa shape index (κ1) is 14.9. The Kier molecular flexibility index (Phi) is 5.12. The quantitative estimate of drug-likeness (QED) is 0.208. The summed E-state index contributed by atoms with van der Waals surface area (Å²) < 4.78 is 0. The van der Waals surface area contributed by atoms with Gasteiger partial charge in [-0.05, 0) is 6.07 Å². The van der Waals surface area contributed by atoms with Crippen LogP contribution < -0.4 is 17.0 Å². The van der Waals surface area contributed by atoms with Crippen molar-refractivity contribution in [2.75, 3.05) is 0 Å². The van der Waals surface area contributed by atoms with E-state index in [4.69, 9.17) is 23.8 Å². The van der Waals surface area contributed by atoms with Gasteiger partial charge in [-0.2, -0.15) is 0 Å². The smallest absolute Gasteiger partial charge is 0.270 e. The minimum atomic E-state index is -0.613. The van der Waals surface area contributed by atoms with Crippen LogP contribution in [0.2, 0.25) is 0 Å². The van der Waals surface area contributed by atoms with Crippen LogP contribution in [-0.4, -0.2) is 21.3 Å². The summed E-state index contributed by atoms with van der Waals surface area (Å²) in [5.41, 5.74) is 7.28. The Bertz CT molecular complexity index is 477. The van der Waals surface area contributed by atoms with Crippen molar-refractivity contribution in [2.45, 2.75) is 0 Å². The first-order valence-corrected chi connectivity index (χ1v) is 4.47. The lowest BCUT2D eigenvalue weighted by molar-refractivity contribution is -0.384. The summed E-state index contributed by atoms with van der Waals surface area (Å²) >= 11 is 4.70. The van der Waals surface area contributed by atoms with Crippen LogP contribution in [0.1, 0.15) is 15.9 Å². The lowest BCUT2D eigenvalue weighted by atomic mass is 10.1. The number of benzene rings is 1. The molecule has 1 amide bonds. The molecular weight excluding hydrogens is 248 g/mol. The number of nitrogens with zero attached hydrogens (tertiary/aromatic N) is 1. The maximum absolute atomic E-state index is 11.3. The highest BCUT2D eigenvalue weighted by molar-refractivity contribution is 7.80. The number of hydrogen-bond donors (Lipinski definition) is 3. The first-order chi connectivity index (χ1) is 7.47. The molecule has 17 heavy (non-hydrogen) atoms. The molecule has 0 aliphatic rings. The molecule has 8 nitrogen and oxygen atoms in total. The Hall–Kier alpha value is -2.10. The van der Waals surface area contributed by atoms with E-state index in [-0.39, 0.29) is 27.3 Å². The molecular formula is C8H10N4O4S. The van der Waals surface area contributed by atoms with E-state index in [9.17, 15) is 14.9 Å². The number of nitro benzene ring substituents is 1. The summed E-state index contributed by atoms with van der Waals surface area (Å²) in [6, 6.07) is 3.55. The average Bonchev–Trinajstić information content (AvgIpc) is 2.26. The molecule has 92 valence electrons. The molecule has 1 aromatic rings. The van der Waals surface area contributed by atoms with Gasteiger partial charge in [0.15, 0.2) is 0 Å². The van der Waals surface area contributed by atoms with Crippen LogP contribution in [0.5, 0.6) is 0 Å². The number of carbonyl (C=O) groups is 1. The van der Waals surface area contributed by atoms with E-state index in [1.165, 1.54) is 12.1 Å². The number of nitrogens with one attached hydrogen (secondary N) is 1. The van der Waals surface area contributed by atoms with Crippen LogP contribution in [0.3, 0.4) is 0 Å². The van der Waals surface area contributed by atoms with Crippen molar-refractivity contribution in [2.24, 2.45) is 11.6 Å². The number of amides is 1. The number of carbonyl (C=O) groups excluding carboxylic acids is 1. The standard InChI is InChI=1S/C8H8N4O3S.H2O/c9-7(16)6-3-4(12(14)15)1-2-5(6)8(13)11-10;/h1-3H,10H2,(H2,9,16)(H,11,13);1H2. The molecule has 1 rings (SSSR count). The second-order valence-corrected chi connectivity index (χ2v) is 3.26. The van der Waals surface area contributed by atoms with Gasteiger partial charge in [0, 0.05) is 17.7 Å². The average molecular weight is 258 g/mol. The topological polar surface area (TPSA) is 156 Å². The molecule has 7 N–H and O–H groups in total. The van der Waals surface area contributed by atoms with Gasteiger partial charge < -0.3 is 11.2 Å². The lowest BCUT2D eigenvalue weighted by Crippen LogP contribution is -2.32. The minimum absolute atomic E-state index is 0. The van der Waals surface area contributed by atoms with E-state index < -0.39 is 10.8 Å². The SMILES string of the molecule is NNC(=O)c1ccc([N+](=O)[O-])cc1C(N)=S.O. The van der Waals surface area contributed by atoms with Crippen LogP contribution in [-0.2, 0) is 0 Å². The van der Waals surface area contributed by atoms with Crippen molar-refractivity contribution in [3.63, 3.8) is 0 Å². The third kappa shape index (κ3) is 3.17. The molecule has 0 unspecified atom stereocenters. The van der Waals surface area contributed by atoms with E-state index in [2.05, 4.69) is 0 Å². The Morgan fingerprint density at radius 2 is 2.00 bits per heavy atom. The molecule has 0 heterocycles. The molecule has 9 heteroatoms. The second-order valence-electron chi connectivity index (χ2n) is 2.82. The van der Waals surface area contributed by atoms with Gasteiger partial charge in [0.25, 0.3) is 11.6 Å². The van der Waals surface area contributed by atoms with Gasteiger partial charge in [-0.3, -0.25) is 20.3 Å². The zero-order valence-corrected chi connectivity index (χ0v) is 9.28. The van der Waals surface area contributed by atoms with E-state index in [0.717, 1.165) is 6.07 Å². The van der Waals surface area contributed by atoms with Gasteiger partial charge >= 0.3 is 0 Å². The molecule has 1 aromatic carbocycles. The third-order valence-electron chi connectivity index (χ3n) is 1.86. The summed E-state index contributed by atoms with van der Waals surface area (Å²) in [6.07, 6.45) is 0. The number of nitro groups is 1. The van der Waals surface area contributed by atoms with Crippen molar-refractivity contribution >= 4 is 28.8 Å². The van der Waals surface area contributed by atoms with E-state index in [1.54, 1.807) is 0 Å². The number of hydrogen-bond acceptors (Lipinski definition) is 5. The second kappa shape index (κ2) is 5.84. The fourth-order valence-electron chi connectivity index (χ4n) is 1.13.